The Hall–Kier alpha value is -2.70. The van der Waals surface area contributed by atoms with Crippen molar-refractivity contribution in [2.75, 3.05) is 28.4 Å². The summed E-state index contributed by atoms with van der Waals surface area (Å²) in [5.41, 5.74) is 0.834. The molecule has 1 aromatic carbocycles. The van der Waals surface area contributed by atoms with Gasteiger partial charge in [-0.2, -0.15) is 0 Å². The van der Waals surface area contributed by atoms with E-state index in [-0.39, 0.29) is 5.70 Å². The van der Waals surface area contributed by atoms with Crippen LogP contribution in [0.15, 0.2) is 17.8 Å². The average Bonchev–Trinajstić information content (AvgIpc) is 2.73. The monoisotopic (exact) mass is 292 g/mol. The number of imide groups is 1. The van der Waals surface area contributed by atoms with Gasteiger partial charge in [-0.1, -0.05) is 0 Å². The van der Waals surface area contributed by atoms with Crippen molar-refractivity contribution in [3.05, 3.63) is 23.4 Å². The molecule has 112 valence electrons. The molecule has 1 fully saturated rings. The Kier molecular flexibility index (Phi) is 4.02. The molecule has 0 atom stereocenters. The summed E-state index contributed by atoms with van der Waals surface area (Å²) in [4.78, 5) is 24.3. The summed E-state index contributed by atoms with van der Waals surface area (Å²) in [6.07, 6.45) is 1.55. The van der Waals surface area contributed by atoms with Gasteiger partial charge in [0.15, 0.2) is 11.5 Å². The molecule has 1 aliphatic heterocycles. The summed E-state index contributed by atoms with van der Waals surface area (Å²) in [5, 5.41) is 2.49. The average molecular weight is 292 g/mol. The standard InChI is InChI=1S/C14H16N2O5/c1-16-13(17)9(15-14(16)18)5-8-6-10(19-2)12(21-4)11(7-8)20-3/h5-7H,1-4H3,(H,15,18)/b9-5+. The second-order valence-corrected chi connectivity index (χ2v) is 4.31. The molecule has 0 unspecified atom stereocenters. The largest absolute Gasteiger partial charge is 0.493 e. The Morgan fingerprint density at radius 2 is 1.62 bits per heavy atom. The molecule has 3 amide bonds. The topological polar surface area (TPSA) is 77.1 Å². The van der Waals surface area contributed by atoms with Crippen molar-refractivity contribution in [1.82, 2.24) is 10.2 Å². The molecule has 7 heteroatoms. The van der Waals surface area contributed by atoms with Crippen LogP contribution in [0.1, 0.15) is 5.56 Å². The molecule has 0 spiro atoms. The van der Waals surface area contributed by atoms with Crippen LogP contribution in [0.2, 0.25) is 0 Å². The summed E-state index contributed by atoms with van der Waals surface area (Å²) in [6.45, 7) is 0. The lowest BCUT2D eigenvalue weighted by Gasteiger charge is -2.13. The Labute approximate surface area is 122 Å². The fourth-order valence-corrected chi connectivity index (χ4v) is 1.97. The number of benzene rings is 1. The molecule has 2 rings (SSSR count). The maximum atomic E-state index is 11.8. The van der Waals surface area contributed by atoms with Crippen LogP contribution < -0.4 is 19.5 Å². The molecular formula is C14H16N2O5. The van der Waals surface area contributed by atoms with Crippen molar-refractivity contribution in [2.24, 2.45) is 0 Å². The molecule has 1 heterocycles. The highest BCUT2D eigenvalue weighted by atomic mass is 16.5. The summed E-state index contributed by atoms with van der Waals surface area (Å²) in [5.74, 6) is 0.998. The van der Waals surface area contributed by atoms with E-state index in [1.807, 2.05) is 0 Å². The number of urea groups is 1. The number of methoxy groups -OCH3 is 3. The number of amides is 3. The molecule has 1 N–H and O–H groups in total. The minimum absolute atomic E-state index is 0.191. The van der Waals surface area contributed by atoms with Gasteiger partial charge in [-0.15, -0.1) is 0 Å². The molecular weight excluding hydrogens is 276 g/mol. The van der Waals surface area contributed by atoms with Crippen molar-refractivity contribution >= 4 is 18.0 Å². The smallest absolute Gasteiger partial charge is 0.328 e. The second-order valence-electron chi connectivity index (χ2n) is 4.31. The zero-order chi connectivity index (χ0) is 15.6. The summed E-state index contributed by atoms with van der Waals surface area (Å²) >= 11 is 0. The van der Waals surface area contributed by atoms with E-state index in [9.17, 15) is 9.59 Å². The predicted molar refractivity (Wildman–Crippen MR) is 75.4 cm³/mol. The highest BCUT2D eigenvalue weighted by Crippen LogP contribution is 2.38. The number of hydrogen-bond acceptors (Lipinski definition) is 5. The van der Waals surface area contributed by atoms with Crippen LogP contribution in [-0.4, -0.2) is 45.2 Å². The van der Waals surface area contributed by atoms with Gasteiger partial charge >= 0.3 is 6.03 Å². The summed E-state index contributed by atoms with van der Waals surface area (Å²) in [7, 11) is 5.93. The third-order valence-corrected chi connectivity index (χ3v) is 3.08. The van der Waals surface area contributed by atoms with Gasteiger partial charge in [-0.05, 0) is 23.8 Å². The van der Waals surface area contributed by atoms with E-state index in [2.05, 4.69) is 5.32 Å². The van der Waals surface area contributed by atoms with E-state index < -0.39 is 11.9 Å². The van der Waals surface area contributed by atoms with Crippen molar-refractivity contribution in [2.45, 2.75) is 0 Å². The molecule has 1 saturated heterocycles. The summed E-state index contributed by atoms with van der Waals surface area (Å²) in [6, 6.07) is 2.91. The van der Waals surface area contributed by atoms with Crippen LogP contribution in [0.3, 0.4) is 0 Å². The van der Waals surface area contributed by atoms with Crippen LogP contribution in [0.5, 0.6) is 17.2 Å². The lowest BCUT2D eigenvalue weighted by molar-refractivity contribution is -0.121. The molecule has 1 aromatic rings. The molecule has 0 radical (unpaired) electrons. The maximum Gasteiger partial charge on any atom is 0.328 e. The lowest BCUT2D eigenvalue weighted by Crippen LogP contribution is -2.25. The second kappa shape index (κ2) is 5.74. The van der Waals surface area contributed by atoms with Crippen LogP contribution in [0.4, 0.5) is 4.79 Å². The Morgan fingerprint density at radius 3 is 2.00 bits per heavy atom. The third kappa shape index (κ3) is 2.62. The number of nitrogens with one attached hydrogen (secondary N) is 1. The lowest BCUT2D eigenvalue weighted by atomic mass is 10.1. The number of hydrogen-bond donors (Lipinski definition) is 1. The van der Waals surface area contributed by atoms with Crippen LogP contribution in [-0.2, 0) is 4.79 Å². The number of carbonyl (C=O) groups is 2. The van der Waals surface area contributed by atoms with E-state index >= 15 is 0 Å². The van der Waals surface area contributed by atoms with Gasteiger partial charge < -0.3 is 19.5 Å². The first-order valence-electron chi connectivity index (χ1n) is 6.12. The molecule has 0 aliphatic carbocycles. The number of ether oxygens (including phenoxy) is 3. The minimum atomic E-state index is -0.460. The van der Waals surface area contributed by atoms with Gasteiger partial charge in [-0.3, -0.25) is 9.69 Å². The highest BCUT2D eigenvalue weighted by molar-refractivity contribution is 6.13. The van der Waals surface area contributed by atoms with Crippen molar-refractivity contribution in [3.8, 4) is 17.2 Å². The third-order valence-electron chi connectivity index (χ3n) is 3.08. The van der Waals surface area contributed by atoms with Crippen molar-refractivity contribution in [3.63, 3.8) is 0 Å². The van der Waals surface area contributed by atoms with Crippen molar-refractivity contribution in [1.29, 1.82) is 0 Å². The van der Waals surface area contributed by atoms with E-state index in [1.54, 1.807) is 18.2 Å². The van der Waals surface area contributed by atoms with E-state index in [0.717, 1.165) is 4.90 Å². The van der Waals surface area contributed by atoms with Gasteiger partial charge in [0.1, 0.15) is 5.70 Å². The van der Waals surface area contributed by atoms with E-state index in [0.29, 0.717) is 22.8 Å². The molecule has 7 nitrogen and oxygen atoms in total. The summed E-state index contributed by atoms with van der Waals surface area (Å²) < 4.78 is 15.7. The van der Waals surface area contributed by atoms with Gasteiger partial charge in [0.05, 0.1) is 21.3 Å². The first kappa shape index (κ1) is 14.7. The number of carbonyl (C=O) groups excluding carboxylic acids is 2. The molecule has 0 saturated carbocycles. The molecule has 21 heavy (non-hydrogen) atoms. The van der Waals surface area contributed by atoms with Gasteiger partial charge in [0.25, 0.3) is 5.91 Å². The van der Waals surface area contributed by atoms with E-state index in [1.165, 1.54) is 28.4 Å². The Bertz CT molecular complexity index is 599. The molecule has 1 aliphatic rings. The first-order chi connectivity index (χ1) is 10.0. The minimum Gasteiger partial charge on any atom is -0.493 e. The number of rotatable bonds is 4. The Balaban J connectivity index is 2.46. The first-order valence-corrected chi connectivity index (χ1v) is 6.12. The number of likely N-dealkylation sites (N-methyl/N-ethyl adjacent to an activating group) is 1. The fraction of sp³-hybridized carbons (Fsp3) is 0.286. The van der Waals surface area contributed by atoms with Crippen LogP contribution in [0, 0.1) is 0 Å². The van der Waals surface area contributed by atoms with Gasteiger partial charge in [-0.25, -0.2) is 4.79 Å². The van der Waals surface area contributed by atoms with Crippen LogP contribution >= 0.6 is 0 Å². The van der Waals surface area contributed by atoms with E-state index in [4.69, 9.17) is 14.2 Å². The van der Waals surface area contributed by atoms with Gasteiger partial charge in [0.2, 0.25) is 5.75 Å². The SMILES string of the molecule is COc1cc(/C=C2/NC(=O)N(C)C2=O)cc(OC)c1OC. The Morgan fingerprint density at radius 1 is 1.05 bits per heavy atom. The van der Waals surface area contributed by atoms with Crippen LogP contribution in [0.25, 0.3) is 6.08 Å². The quantitative estimate of drug-likeness (QED) is 0.667. The maximum absolute atomic E-state index is 11.8. The predicted octanol–water partition coefficient (Wildman–Crippen LogP) is 1.23. The number of nitrogens with zero attached hydrogens (tertiary/aromatic N) is 1. The molecule has 0 bridgehead atoms. The molecule has 0 aromatic heterocycles. The van der Waals surface area contributed by atoms with Crippen molar-refractivity contribution < 1.29 is 23.8 Å². The zero-order valence-corrected chi connectivity index (χ0v) is 12.2. The highest BCUT2D eigenvalue weighted by Gasteiger charge is 2.30. The van der Waals surface area contributed by atoms with Gasteiger partial charge in [0, 0.05) is 7.05 Å². The normalized spacial score (nSPS) is 16.2. The fourth-order valence-electron chi connectivity index (χ4n) is 1.97. The zero-order valence-electron chi connectivity index (χ0n) is 12.2.